The first-order valence-electron chi connectivity index (χ1n) is 4.87. The third kappa shape index (κ3) is 2.88. The van der Waals surface area contributed by atoms with Gasteiger partial charge in [0.2, 0.25) is 0 Å². The van der Waals surface area contributed by atoms with Gasteiger partial charge in [-0.25, -0.2) is 4.79 Å². The fourth-order valence-electron chi connectivity index (χ4n) is 1.33. The van der Waals surface area contributed by atoms with Gasteiger partial charge in [-0.1, -0.05) is 6.92 Å². The minimum absolute atomic E-state index is 0.0501. The Kier molecular flexibility index (Phi) is 3.54. The van der Waals surface area contributed by atoms with Crippen molar-refractivity contribution in [2.45, 2.75) is 38.8 Å². The third-order valence-electron chi connectivity index (χ3n) is 2.43. The largest absolute Gasteiger partial charge is 0.391 e. The summed E-state index contributed by atoms with van der Waals surface area (Å²) in [7, 11) is 0. The van der Waals surface area contributed by atoms with Crippen LogP contribution in [-0.2, 0) is 0 Å². The fraction of sp³-hybridized carbons (Fsp3) is 0.889. The number of nitrogens with zero attached hydrogens (tertiary/aromatic N) is 1. The summed E-state index contributed by atoms with van der Waals surface area (Å²) in [5.74, 6) is 0. The summed E-state index contributed by atoms with van der Waals surface area (Å²) in [6.07, 6.45) is 1.30. The van der Waals surface area contributed by atoms with Gasteiger partial charge in [0.1, 0.15) is 0 Å². The van der Waals surface area contributed by atoms with Crippen molar-refractivity contribution in [1.29, 1.82) is 0 Å². The summed E-state index contributed by atoms with van der Waals surface area (Å²) in [6.45, 7) is 5.15. The summed E-state index contributed by atoms with van der Waals surface area (Å²) in [6, 6.07) is 0.163. The van der Waals surface area contributed by atoms with Crippen molar-refractivity contribution in [2.75, 3.05) is 13.1 Å². The molecule has 0 bridgehead atoms. The van der Waals surface area contributed by atoms with Crippen LogP contribution in [0.15, 0.2) is 0 Å². The normalized spacial score (nSPS) is 24.5. The SMILES string of the molecule is CCC(C)NC(=O)N1CCC(O)C1. The van der Waals surface area contributed by atoms with E-state index in [-0.39, 0.29) is 18.2 Å². The molecule has 1 fully saturated rings. The second kappa shape index (κ2) is 4.46. The zero-order valence-corrected chi connectivity index (χ0v) is 8.29. The molecule has 0 aromatic carbocycles. The lowest BCUT2D eigenvalue weighted by Crippen LogP contribution is -2.42. The Bertz CT molecular complexity index is 184. The standard InChI is InChI=1S/C9H18N2O2/c1-3-7(2)10-9(13)11-5-4-8(12)6-11/h7-8,12H,3-6H2,1-2H3,(H,10,13). The Balaban J connectivity index is 2.31. The van der Waals surface area contributed by atoms with Crippen LogP contribution < -0.4 is 5.32 Å². The highest BCUT2D eigenvalue weighted by atomic mass is 16.3. The number of hydrogen-bond donors (Lipinski definition) is 2. The van der Waals surface area contributed by atoms with E-state index in [0.29, 0.717) is 19.5 Å². The lowest BCUT2D eigenvalue weighted by atomic mass is 10.3. The highest BCUT2D eigenvalue weighted by Crippen LogP contribution is 2.08. The van der Waals surface area contributed by atoms with Gasteiger partial charge in [0.05, 0.1) is 6.10 Å². The van der Waals surface area contributed by atoms with Crippen LogP contribution in [0.3, 0.4) is 0 Å². The number of urea groups is 1. The number of nitrogens with one attached hydrogen (secondary N) is 1. The highest BCUT2D eigenvalue weighted by molar-refractivity contribution is 5.74. The summed E-state index contributed by atoms with van der Waals surface area (Å²) < 4.78 is 0. The quantitative estimate of drug-likeness (QED) is 0.662. The van der Waals surface area contributed by atoms with Crippen molar-refractivity contribution in [2.24, 2.45) is 0 Å². The van der Waals surface area contributed by atoms with Gasteiger partial charge in [0.15, 0.2) is 0 Å². The monoisotopic (exact) mass is 186 g/mol. The molecule has 1 aliphatic rings. The molecule has 4 nitrogen and oxygen atoms in total. The predicted molar refractivity (Wildman–Crippen MR) is 50.5 cm³/mol. The molecule has 0 aliphatic carbocycles. The van der Waals surface area contributed by atoms with Gasteiger partial charge >= 0.3 is 6.03 Å². The van der Waals surface area contributed by atoms with Crippen molar-refractivity contribution in [3.05, 3.63) is 0 Å². The Labute approximate surface area is 78.9 Å². The minimum Gasteiger partial charge on any atom is -0.391 e. The molecule has 13 heavy (non-hydrogen) atoms. The summed E-state index contributed by atoms with van der Waals surface area (Å²) in [5.41, 5.74) is 0. The van der Waals surface area contributed by atoms with Crippen LogP contribution in [0.2, 0.25) is 0 Å². The average molecular weight is 186 g/mol. The van der Waals surface area contributed by atoms with Crippen molar-refractivity contribution in [3.8, 4) is 0 Å². The maximum Gasteiger partial charge on any atom is 0.317 e. The predicted octanol–water partition coefficient (Wildman–Crippen LogP) is 0.561. The summed E-state index contributed by atoms with van der Waals surface area (Å²) in [4.78, 5) is 13.1. The van der Waals surface area contributed by atoms with Crippen LogP contribution in [-0.4, -0.2) is 41.3 Å². The average Bonchev–Trinajstić information content (AvgIpc) is 2.51. The Morgan fingerprint density at radius 3 is 2.92 bits per heavy atom. The van der Waals surface area contributed by atoms with Gasteiger partial charge in [0, 0.05) is 19.1 Å². The molecule has 2 amide bonds. The van der Waals surface area contributed by atoms with Crippen LogP contribution in [0.1, 0.15) is 26.7 Å². The van der Waals surface area contributed by atoms with Crippen LogP contribution >= 0.6 is 0 Å². The number of carbonyl (C=O) groups excluding carboxylic acids is 1. The molecule has 2 N–H and O–H groups in total. The van der Waals surface area contributed by atoms with Crippen LogP contribution in [0.25, 0.3) is 0 Å². The van der Waals surface area contributed by atoms with Gasteiger partial charge in [-0.2, -0.15) is 0 Å². The number of β-amino-alcohol motifs (C(OH)–C–C–N with tert-alkyl or cyclic N) is 1. The number of aliphatic hydroxyl groups excluding tert-OH is 1. The smallest absolute Gasteiger partial charge is 0.317 e. The van der Waals surface area contributed by atoms with E-state index < -0.39 is 0 Å². The molecule has 2 atom stereocenters. The zero-order chi connectivity index (χ0) is 9.84. The van der Waals surface area contributed by atoms with Gasteiger partial charge in [-0.15, -0.1) is 0 Å². The maximum atomic E-state index is 11.5. The van der Waals surface area contributed by atoms with Gasteiger partial charge in [-0.3, -0.25) is 0 Å². The number of amides is 2. The number of carbonyl (C=O) groups is 1. The molecule has 2 unspecified atom stereocenters. The molecule has 1 rings (SSSR count). The van der Waals surface area contributed by atoms with Crippen LogP contribution in [0.4, 0.5) is 4.79 Å². The molecule has 0 spiro atoms. The van der Waals surface area contributed by atoms with Crippen LogP contribution in [0.5, 0.6) is 0 Å². The maximum absolute atomic E-state index is 11.5. The number of aliphatic hydroxyl groups is 1. The fourth-order valence-corrected chi connectivity index (χ4v) is 1.33. The van der Waals surface area contributed by atoms with Gasteiger partial charge in [-0.05, 0) is 19.8 Å². The third-order valence-corrected chi connectivity index (χ3v) is 2.43. The lowest BCUT2D eigenvalue weighted by molar-refractivity contribution is 0.170. The molecule has 1 saturated heterocycles. The molecular weight excluding hydrogens is 168 g/mol. The molecule has 0 radical (unpaired) electrons. The van der Waals surface area contributed by atoms with E-state index in [2.05, 4.69) is 5.32 Å². The van der Waals surface area contributed by atoms with E-state index in [1.165, 1.54) is 0 Å². The van der Waals surface area contributed by atoms with E-state index in [9.17, 15) is 9.90 Å². The molecule has 0 saturated carbocycles. The number of rotatable bonds is 2. The first-order valence-corrected chi connectivity index (χ1v) is 4.87. The van der Waals surface area contributed by atoms with Gasteiger partial charge in [0.25, 0.3) is 0 Å². The Morgan fingerprint density at radius 1 is 1.77 bits per heavy atom. The Morgan fingerprint density at radius 2 is 2.46 bits per heavy atom. The molecular formula is C9H18N2O2. The second-order valence-electron chi connectivity index (χ2n) is 3.65. The highest BCUT2D eigenvalue weighted by Gasteiger charge is 2.24. The first-order chi connectivity index (χ1) is 6.13. The summed E-state index contributed by atoms with van der Waals surface area (Å²) >= 11 is 0. The van der Waals surface area contributed by atoms with Crippen molar-refractivity contribution in [3.63, 3.8) is 0 Å². The zero-order valence-electron chi connectivity index (χ0n) is 8.29. The first kappa shape index (κ1) is 10.3. The minimum atomic E-state index is -0.331. The van der Waals surface area contributed by atoms with Gasteiger partial charge < -0.3 is 15.3 Å². The van der Waals surface area contributed by atoms with Crippen LogP contribution in [0, 0.1) is 0 Å². The Hall–Kier alpha value is -0.770. The molecule has 4 heteroatoms. The second-order valence-corrected chi connectivity index (χ2v) is 3.65. The number of likely N-dealkylation sites (tertiary alicyclic amines) is 1. The lowest BCUT2D eigenvalue weighted by Gasteiger charge is -2.19. The topological polar surface area (TPSA) is 52.6 Å². The van der Waals surface area contributed by atoms with E-state index in [1.54, 1.807) is 4.90 Å². The van der Waals surface area contributed by atoms with Crippen molar-refractivity contribution < 1.29 is 9.90 Å². The molecule has 76 valence electrons. The number of hydrogen-bond acceptors (Lipinski definition) is 2. The molecule has 0 aromatic rings. The molecule has 1 heterocycles. The summed E-state index contributed by atoms with van der Waals surface area (Å²) in [5, 5.41) is 12.1. The molecule has 0 aromatic heterocycles. The molecule has 1 aliphatic heterocycles. The van der Waals surface area contributed by atoms with E-state index in [0.717, 1.165) is 6.42 Å². The van der Waals surface area contributed by atoms with E-state index >= 15 is 0 Å². The van der Waals surface area contributed by atoms with E-state index in [1.807, 2.05) is 13.8 Å². The van der Waals surface area contributed by atoms with Crippen molar-refractivity contribution in [1.82, 2.24) is 10.2 Å². The van der Waals surface area contributed by atoms with Crippen molar-refractivity contribution >= 4 is 6.03 Å². The van der Waals surface area contributed by atoms with E-state index in [4.69, 9.17) is 0 Å².